The van der Waals surface area contributed by atoms with Crippen molar-refractivity contribution in [2.75, 3.05) is 0 Å². The van der Waals surface area contributed by atoms with Crippen molar-refractivity contribution in [1.82, 2.24) is 0 Å². The predicted molar refractivity (Wildman–Crippen MR) is 36.6 cm³/mol. The number of rotatable bonds is 2. The van der Waals surface area contributed by atoms with E-state index < -0.39 is 0 Å². The van der Waals surface area contributed by atoms with Crippen molar-refractivity contribution >= 4 is 6.21 Å². The molecule has 0 aliphatic rings. The van der Waals surface area contributed by atoms with E-state index in [0.717, 1.165) is 5.70 Å². The molecule has 0 saturated carbocycles. The summed E-state index contributed by atoms with van der Waals surface area (Å²) in [6.45, 7) is 5.37. The second-order valence-electron chi connectivity index (χ2n) is 1.40. The summed E-state index contributed by atoms with van der Waals surface area (Å²) in [6, 6.07) is 0. The van der Waals surface area contributed by atoms with Gasteiger partial charge in [0.2, 0.25) is 0 Å². The van der Waals surface area contributed by atoms with E-state index in [4.69, 9.17) is 5.73 Å². The van der Waals surface area contributed by atoms with Crippen molar-refractivity contribution < 1.29 is 0 Å². The first-order chi connectivity index (χ1) is 3.77. The number of allylic oxidation sites excluding steroid dienone is 2. The molecule has 8 heavy (non-hydrogen) atoms. The number of aliphatic imine (C=N–C) groups is 1. The van der Waals surface area contributed by atoms with Gasteiger partial charge in [0.15, 0.2) is 0 Å². The van der Waals surface area contributed by atoms with Gasteiger partial charge in [-0.25, -0.2) is 0 Å². The molecule has 2 heteroatoms. The van der Waals surface area contributed by atoms with Gasteiger partial charge >= 0.3 is 0 Å². The number of hydrogen-bond donors (Lipinski definition) is 1. The van der Waals surface area contributed by atoms with Crippen LogP contribution in [0.5, 0.6) is 0 Å². The van der Waals surface area contributed by atoms with Crippen LogP contribution in [0, 0.1) is 0 Å². The number of hydrogen-bond acceptors (Lipinski definition) is 2. The van der Waals surface area contributed by atoms with Gasteiger partial charge in [-0.1, -0.05) is 6.58 Å². The van der Waals surface area contributed by atoms with E-state index in [2.05, 4.69) is 11.6 Å². The molecule has 0 rings (SSSR count). The van der Waals surface area contributed by atoms with E-state index in [-0.39, 0.29) is 0 Å². The third-order valence-electron chi connectivity index (χ3n) is 0.492. The second kappa shape index (κ2) is 4.12. The van der Waals surface area contributed by atoms with Gasteiger partial charge in [-0.05, 0) is 19.2 Å². The molecule has 44 valence electrons. The van der Waals surface area contributed by atoms with E-state index >= 15 is 0 Å². The minimum Gasteiger partial charge on any atom is -0.405 e. The van der Waals surface area contributed by atoms with Gasteiger partial charge in [0, 0.05) is 11.9 Å². The highest BCUT2D eigenvalue weighted by atomic mass is 14.7. The lowest BCUT2D eigenvalue weighted by atomic mass is 10.6. The quantitative estimate of drug-likeness (QED) is 0.530. The summed E-state index contributed by atoms with van der Waals surface area (Å²) in [7, 11) is 0. The van der Waals surface area contributed by atoms with Crippen LogP contribution in [0.15, 0.2) is 29.5 Å². The fourth-order valence-electron chi connectivity index (χ4n) is 0.220. The maximum atomic E-state index is 5.01. The highest BCUT2D eigenvalue weighted by Crippen LogP contribution is 1.83. The molecule has 0 amide bonds. The largest absolute Gasteiger partial charge is 0.405 e. The van der Waals surface area contributed by atoms with Crippen molar-refractivity contribution in [2.45, 2.75) is 6.92 Å². The van der Waals surface area contributed by atoms with Gasteiger partial charge in [-0.2, -0.15) is 0 Å². The maximum absolute atomic E-state index is 5.01. The number of nitrogens with two attached hydrogens (primary N) is 1. The first-order valence-corrected chi connectivity index (χ1v) is 2.34. The molecule has 0 aliphatic heterocycles. The van der Waals surface area contributed by atoms with Crippen LogP contribution in [0.1, 0.15) is 6.92 Å². The normalized spacial score (nSPS) is 11.1. The highest BCUT2D eigenvalue weighted by Gasteiger charge is 1.67. The van der Waals surface area contributed by atoms with E-state index in [9.17, 15) is 0 Å². The zero-order chi connectivity index (χ0) is 6.41. The highest BCUT2D eigenvalue weighted by molar-refractivity contribution is 5.71. The molecular formula is C6H10N2. The molecule has 2 nitrogen and oxygen atoms in total. The van der Waals surface area contributed by atoms with Crippen LogP contribution in [-0.4, -0.2) is 6.21 Å². The molecule has 0 atom stereocenters. The summed E-state index contributed by atoms with van der Waals surface area (Å²) in [5, 5.41) is 0. The minimum atomic E-state index is 0.781. The summed E-state index contributed by atoms with van der Waals surface area (Å²) in [6.07, 6.45) is 4.67. The van der Waals surface area contributed by atoms with Gasteiger partial charge in [0.05, 0.1) is 0 Å². The lowest BCUT2D eigenvalue weighted by Crippen LogP contribution is -1.75. The fourth-order valence-corrected chi connectivity index (χ4v) is 0.220. The van der Waals surface area contributed by atoms with E-state index in [1.807, 2.05) is 6.92 Å². The van der Waals surface area contributed by atoms with Crippen LogP contribution in [0.4, 0.5) is 0 Å². The Balaban J connectivity index is 3.50. The molecular weight excluding hydrogens is 100 g/mol. The first kappa shape index (κ1) is 6.95. The molecule has 0 unspecified atom stereocenters. The summed E-state index contributed by atoms with van der Waals surface area (Å²) in [4.78, 5) is 3.83. The molecule has 0 radical (unpaired) electrons. The Bertz CT molecular complexity index is 122. The summed E-state index contributed by atoms with van der Waals surface area (Å²) in [5.41, 5.74) is 5.79. The van der Waals surface area contributed by atoms with Crippen LogP contribution in [0.3, 0.4) is 0 Å². The van der Waals surface area contributed by atoms with Crippen LogP contribution >= 0.6 is 0 Å². The molecule has 0 heterocycles. The third kappa shape index (κ3) is 4.95. The SMILES string of the molecule is C=C(C)N=C/C=C\N. The average Bonchev–Trinajstić information content (AvgIpc) is 1.66. The van der Waals surface area contributed by atoms with Crippen molar-refractivity contribution in [3.05, 3.63) is 24.6 Å². The van der Waals surface area contributed by atoms with Crippen molar-refractivity contribution in [3.63, 3.8) is 0 Å². The van der Waals surface area contributed by atoms with Crippen molar-refractivity contribution in [3.8, 4) is 0 Å². The lowest BCUT2D eigenvalue weighted by molar-refractivity contribution is 1.34. The predicted octanol–water partition coefficient (Wildman–Crippen LogP) is 1.06. The van der Waals surface area contributed by atoms with Gasteiger partial charge in [0.1, 0.15) is 0 Å². The Morgan fingerprint density at radius 2 is 2.38 bits per heavy atom. The molecule has 0 aliphatic carbocycles. The van der Waals surface area contributed by atoms with Gasteiger partial charge < -0.3 is 5.73 Å². The molecule has 0 spiro atoms. The Kier molecular flexibility index (Phi) is 3.58. The lowest BCUT2D eigenvalue weighted by Gasteiger charge is -1.79. The molecule has 0 fully saturated rings. The smallest absolute Gasteiger partial charge is 0.0300 e. The minimum absolute atomic E-state index is 0.781. The van der Waals surface area contributed by atoms with E-state index in [0.29, 0.717) is 0 Å². The Morgan fingerprint density at radius 3 is 2.75 bits per heavy atom. The molecule has 0 bridgehead atoms. The van der Waals surface area contributed by atoms with Gasteiger partial charge in [-0.15, -0.1) is 0 Å². The van der Waals surface area contributed by atoms with Crippen LogP contribution in [0.25, 0.3) is 0 Å². The molecule has 0 aromatic carbocycles. The standard InChI is InChI=1S/C6H10N2/c1-6(2)8-5-3-4-7/h3-5H,1,7H2,2H3/b4-3-,8-5?. The zero-order valence-corrected chi connectivity index (χ0v) is 4.96. The Morgan fingerprint density at radius 1 is 1.75 bits per heavy atom. The molecule has 2 N–H and O–H groups in total. The maximum Gasteiger partial charge on any atom is 0.0300 e. The molecule has 0 saturated heterocycles. The van der Waals surface area contributed by atoms with Gasteiger partial charge in [-0.3, -0.25) is 4.99 Å². The monoisotopic (exact) mass is 110 g/mol. The third-order valence-corrected chi connectivity index (χ3v) is 0.492. The summed E-state index contributed by atoms with van der Waals surface area (Å²) >= 11 is 0. The average molecular weight is 110 g/mol. The van der Waals surface area contributed by atoms with Crippen molar-refractivity contribution in [1.29, 1.82) is 0 Å². The summed E-state index contributed by atoms with van der Waals surface area (Å²) < 4.78 is 0. The molecule has 0 aromatic rings. The van der Waals surface area contributed by atoms with Gasteiger partial charge in [0.25, 0.3) is 0 Å². The fraction of sp³-hybridized carbons (Fsp3) is 0.167. The number of nitrogens with zero attached hydrogens (tertiary/aromatic N) is 1. The first-order valence-electron chi connectivity index (χ1n) is 2.34. The second-order valence-corrected chi connectivity index (χ2v) is 1.40. The molecule has 0 aromatic heterocycles. The topological polar surface area (TPSA) is 38.4 Å². The van der Waals surface area contributed by atoms with Crippen LogP contribution in [-0.2, 0) is 0 Å². The Labute approximate surface area is 49.4 Å². The van der Waals surface area contributed by atoms with E-state index in [1.165, 1.54) is 6.20 Å². The van der Waals surface area contributed by atoms with Crippen molar-refractivity contribution in [2.24, 2.45) is 10.7 Å². The summed E-state index contributed by atoms with van der Waals surface area (Å²) in [5.74, 6) is 0. The van der Waals surface area contributed by atoms with E-state index in [1.54, 1.807) is 12.3 Å². The zero-order valence-electron chi connectivity index (χ0n) is 4.96. The Hall–Kier alpha value is -1.05. The van der Waals surface area contributed by atoms with Crippen LogP contribution < -0.4 is 5.73 Å². The van der Waals surface area contributed by atoms with Crippen LogP contribution in [0.2, 0.25) is 0 Å².